The Labute approximate surface area is 237 Å². The molecule has 0 radical (unpaired) electrons. The zero-order valence-electron chi connectivity index (χ0n) is 24.2. The van der Waals surface area contributed by atoms with Gasteiger partial charge in [-0.2, -0.15) is 0 Å². The number of rotatable bonds is 7. The van der Waals surface area contributed by atoms with Gasteiger partial charge in [-0.3, -0.25) is 14.8 Å². The fraction of sp³-hybridized carbons (Fsp3) is 0.500. The number of fused-ring (bicyclic) bond motifs is 3. The molecule has 212 valence electrons. The first kappa shape index (κ1) is 27.0. The van der Waals surface area contributed by atoms with Crippen molar-refractivity contribution in [2.75, 3.05) is 57.4 Å². The average molecular weight is 544 g/mol. The predicted molar refractivity (Wildman–Crippen MR) is 159 cm³/mol. The van der Waals surface area contributed by atoms with Gasteiger partial charge in [-0.05, 0) is 62.6 Å². The molecule has 2 saturated heterocycles. The van der Waals surface area contributed by atoms with E-state index < -0.39 is 0 Å². The van der Waals surface area contributed by atoms with E-state index in [2.05, 4.69) is 77.7 Å². The monoisotopic (exact) mass is 543 g/mol. The molecule has 0 bridgehead atoms. The summed E-state index contributed by atoms with van der Waals surface area (Å²) < 4.78 is 17.4. The summed E-state index contributed by atoms with van der Waals surface area (Å²) in [6.07, 6.45) is 7.69. The minimum Gasteiger partial charge on any atom is -0.478 e. The van der Waals surface area contributed by atoms with E-state index in [1.807, 2.05) is 18.5 Å². The van der Waals surface area contributed by atoms with Gasteiger partial charge in [0.1, 0.15) is 5.82 Å². The minimum atomic E-state index is 0.186. The third-order valence-electron chi connectivity index (χ3n) is 8.28. The summed E-state index contributed by atoms with van der Waals surface area (Å²) in [7, 11) is 0. The molecule has 2 aromatic rings. The van der Waals surface area contributed by atoms with Crippen molar-refractivity contribution in [1.82, 2.24) is 14.8 Å². The molecule has 0 saturated carbocycles. The van der Waals surface area contributed by atoms with Crippen LogP contribution < -0.4 is 9.64 Å². The van der Waals surface area contributed by atoms with Gasteiger partial charge >= 0.3 is 0 Å². The number of benzene rings is 1. The van der Waals surface area contributed by atoms with Crippen LogP contribution in [0.4, 0.5) is 11.4 Å². The van der Waals surface area contributed by atoms with Crippen molar-refractivity contribution in [3.05, 3.63) is 59.7 Å². The molecule has 0 amide bonds. The van der Waals surface area contributed by atoms with E-state index in [1.54, 1.807) is 0 Å². The highest BCUT2D eigenvalue weighted by molar-refractivity contribution is 5.97. The van der Waals surface area contributed by atoms with Gasteiger partial charge in [-0.15, -0.1) is 0 Å². The highest BCUT2D eigenvalue weighted by Crippen LogP contribution is 2.44. The van der Waals surface area contributed by atoms with Crippen molar-refractivity contribution in [1.29, 1.82) is 0 Å². The second-order valence-electron chi connectivity index (χ2n) is 11.4. The Balaban J connectivity index is 1.20. The first-order chi connectivity index (χ1) is 19.5. The predicted octanol–water partition coefficient (Wildman–Crippen LogP) is 5.25. The zero-order valence-corrected chi connectivity index (χ0v) is 24.2. The molecule has 8 heteroatoms. The SMILES string of the molecule is CC1=C2C=Nc3ccc(-c4ccc(OCCCN5CCOCC5)nc4)cc3N2C(N2C[C@@H](C)O[C@@H](C)C2)=CC1C. The molecule has 1 aromatic heterocycles. The van der Waals surface area contributed by atoms with Gasteiger partial charge in [0.2, 0.25) is 5.88 Å². The van der Waals surface area contributed by atoms with Crippen LogP contribution in [-0.2, 0) is 9.47 Å². The molecule has 4 aliphatic rings. The lowest BCUT2D eigenvalue weighted by Gasteiger charge is -2.45. The molecule has 0 aliphatic carbocycles. The third kappa shape index (κ3) is 5.66. The standard InChI is InChI=1S/C32H41N5O3/c1-22-16-32(36-20-23(2)40-24(3)21-36)37-29-17-26(6-8-28(29)33-19-30(37)25(22)4)27-7-9-31(34-18-27)39-13-5-10-35-11-14-38-15-12-35/h6-9,16-19,22-24H,5,10-15,20-21H2,1-4H3/t22?,23-,24+. The summed E-state index contributed by atoms with van der Waals surface area (Å²) in [5.41, 5.74) is 6.74. The maximum absolute atomic E-state index is 6.06. The lowest BCUT2D eigenvalue weighted by atomic mass is 9.93. The smallest absolute Gasteiger partial charge is 0.213 e. The molecule has 5 heterocycles. The number of ether oxygens (including phenoxy) is 3. The van der Waals surface area contributed by atoms with E-state index in [1.165, 1.54) is 17.1 Å². The van der Waals surface area contributed by atoms with Crippen molar-refractivity contribution in [2.45, 2.75) is 46.3 Å². The summed E-state index contributed by atoms with van der Waals surface area (Å²) in [6.45, 7) is 15.9. The highest BCUT2D eigenvalue weighted by Gasteiger charge is 2.34. The highest BCUT2D eigenvalue weighted by atomic mass is 16.5. The molecule has 40 heavy (non-hydrogen) atoms. The summed E-state index contributed by atoms with van der Waals surface area (Å²) in [6, 6.07) is 10.6. The van der Waals surface area contributed by atoms with E-state index in [9.17, 15) is 0 Å². The Hall–Kier alpha value is -3.20. The van der Waals surface area contributed by atoms with Crippen molar-refractivity contribution in [3.8, 4) is 17.0 Å². The zero-order chi connectivity index (χ0) is 27.6. The van der Waals surface area contributed by atoms with E-state index >= 15 is 0 Å². The van der Waals surface area contributed by atoms with Gasteiger partial charge < -0.3 is 19.1 Å². The van der Waals surface area contributed by atoms with Gasteiger partial charge in [-0.25, -0.2) is 4.98 Å². The normalized spacial score (nSPS) is 25.0. The molecule has 1 aromatic carbocycles. The number of allylic oxidation sites excluding steroid dienone is 3. The van der Waals surface area contributed by atoms with Crippen molar-refractivity contribution in [2.24, 2.45) is 10.9 Å². The maximum Gasteiger partial charge on any atom is 0.213 e. The summed E-state index contributed by atoms with van der Waals surface area (Å²) in [5.74, 6) is 2.23. The molecule has 2 fully saturated rings. The quantitative estimate of drug-likeness (QED) is 0.442. The van der Waals surface area contributed by atoms with Gasteiger partial charge in [-0.1, -0.05) is 13.0 Å². The lowest BCUT2D eigenvalue weighted by molar-refractivity contribution is -0.0584. The van der Waals surface area contributed by atoms with Crippen molar-refractivity contribution < 1.29 is 14.2 Å². The lowest BCUT2D eigenvalue weighted by Crippen LogP contribution is -2.49. The van der Waals surface area contributed by atoms with Crippen LogP contribution in [0.15, 0.2) is 64.7 Å². The van der Waals surface area contributed by atoms with Gasteiger partial charge in [0, 0.05) is 56.5 Å². The van der Waals surface area contributed by atoms with Crippen LogP contribution in [-0.4, -0.2) is 85.8 Å². The van der Waals surface area contributed by atoms with Gasteiger partial charge in [0.25, 0.3) is 0 Å². The number of hydrogen-bond acceptors (Lipinski definition) is 8. The van der Waals surface area contributed by atoms with Crippen LogP contribution in [0.5, 0.6) is 5.88 Å². The van der Waals surface area contributed by atoms with Crippen molar-refractivity contribution >= 4 is 17.6 Å². The fourth-order valence-electron chi connectivity index (χ4n) is 6.03. The maximum atomic E-state index is 6.06. The largest absolute Gasteiger partial charge is 0.478 e. The van der Waals surface area contributed by atoms with E-state index in [4.69, 9.17) is 19.2 Å². The molecular weight excluding hydrogens is 502 g/mol. The molecule has 4 aliphatic heterocycles. The average Bonchev–Trinajstić information content (AvgIpc) is 2.97. The molecular formula is C32H41N5O3. The second kappa shape index (κ2) is 11.7. The first-order valence-electron chi connectivity index (χ1n) is 14.7. The second-order valence-corrected chi connectivity index (χ2v) is 11.4. The van der Waals surface area contributed by atoms with Crippen LogP contribution in [0.25, 0.3) is 11.1 Å². The van der Waals surface area contributed by atoms with Crippen LogP contribution in [0.3, 0.4) is 0 Å². The number of anilines is 1. The van der Waals surface area contributed by atoms with Crippen LogP contribution in [0, 0.1) is 5.92 Å². The number of aromatic nitrogens is 1. The molecule has 0 spiro atoms. The minimum absolute atomic E-state index is 0.186. The van der Waals surface area contributed by atoms with Crippen LogP contribution in [0.1, 0.15) is 34.1 Å². The van der Waals surface area contributed by atoms with E-state index in [-0.39, 0.29) is 12.2 Å². The van der Waals surface area contributed by atoms with Gasteiger partial charge in [0.15, 0.2) is 0 Å². The Kier molecular flexibility index (Phi) is 7.91. The third-order valence-corrected chi connectivity index (χ3v) is 8.28. The summed E-state index contributed by atoms with van der Waals surface area (Å²) in [4.78, 5) is 16.8. The fourth-order valence-corrected chi connectivity index (χ4v) is 6.03. The van der Waals surface area contributed by atoms with Gasteiger partial charge in [0.05, 0.1) is 55.3 Å². The van der Waals surface area contributed by atoms with E-state index in [0.29, 0.717) is 18.4 Å². The Morgan fingerprint density at radius 1 is 1.00 bits per heavy atom. The molecule has 1 unspecified atom stereocenters. The first-order valence-corrected chi connectivity index (χ1v) is 14.7. The molecule has 3 atom stereocenters. The van der Waals surface area contributed by atoms with Crippen molar-refractivity contribution in [3.63, 3.8) is 0 Å². The Morgan fingerprint density at radius 2 is 1.77 bits per heavy atom. The number of aliphatic imine (C=N–C) groups is 1. The van der Waals surface area contributed by atoms with E-state index in [0.717, 1.165) is 74.9 Å². The summed E-state index contributed by atoms with van der Waals surface area (Å²) in [5, 5.41) is 0. The topological polar surface area (TPSA) is 62.7 Å². The van der Waals surface area contributed by atoms with Crippen LogP contribution in [0.2, 0.25) is 0 Å². The Bertz CT molecular complexity index is 1290. The van der Waals surface area contributed by atoms with Crippen LogP contribution >= 0.6 is 0 Å². The summed E-state index contributed by atoms with van der Waals surface area (Å²) >= 11 is 0. The number of hydrogen-bond donors (Lipinski definition) is 0. The molecule has 6 rings (SSSR count). The number of nitrogens with zero attached hydrogens (tertiary/aromatic N) is 5. The number of morpholine rings is 2. The molecule has 0 N–H and O–H groups in total. The number of pyridine rings is 1. The Morgan fingerprint density at radius 3 is 2.52 bits per heavy atom. The molecule has 8 nitrogen and oxygen atoms in total.